The summed E-state index contributed by atoms with van der Waals surface area (Å²) >= 11 is 0. The molecule has 0 saturated heterocycles. The lowest BCUT2D eigenvalue weighted by molar-refractivity contribution is 0.268. The molecule has 1 fully saturated rings. The maximum absolute atomic E-state index is 13.3. The van der Waals surface area contributed by atoms with Gasteiger partial charge in [0, 0.05) is 12.6 Å². The van der Waals surface area contributed by atoms with Crippen LogP contribution >= 0.6 is 0 Å². The van der Waals surface area contributed by atoms with Gasteiger partial charge >= 0.3 is 0 Å². The Balaban J connectivity index is 1.92. The summed E-state index contributed by atoms with van der Waals surface area (Å²) in [7, 11) is 0. The Morgan fingerprint density at radius 1 is 1.35 bits per heavy atom. The fourth-order valence-electron chi connectivity index (χ4n) is 2.47. The van der Waals surface area contributed by atoms with Crippen LogP contribution < -0.4 is 5.32 Å². The molecule has 0 bridgehead atoms. The third kappa shape index (κ3) is 3.14. The fourth-order valence-corrected chi connectivity index (χ4v) is 2.47. The summed E-state index contributed by atoms with van der Waals surface area (Å²) in [4.78, 5) is 3.73. The van der Waals surface area contributed by atoms with Gasteiger partial charge < -0.3 is 5.32 Å². The van der Waals surface area contributed by atoms with Crippen molar-refractivity contribution in [3.8, 4) is 0 Å². The zero-order valence-electron chi connectivity index (χ0n) is 10.0. The molecule has 4 heteroatoms. The first-order chi connectivity index (χ1) is 8.16. The largest absolute Gasteiger partial charge is 0.367 e. The van der Waals surface area contributed by atoms with Crippen LogP contribution in [-0.4, -0.2) is 11.5 Å². The Labute approximate surface area is 100 Å². The molecule has 2 atom stereocenters. The van der Waals surface area contributed by atoms with Crippen molar-refractivity contribution < 1.29 is 8.78 Å². The summed E-state index contributed by atoms with van der Waals surface area (Å²) in [5.74, 6) is 0.131. The van der Waals surface area contributed by atoms with Crippen molar-refractivity contribution in [1.29, 1.82) is 0 Å². The summed E-state index contributed by atoms with van der Waals surface area (Å²) in [6, 6.07) is 0.861. The van der Waals surface area contributed by atoms with Crippen LogP contribution in [0, 0.1) is 23.5 Å². The molecule has 0 amide bonds. The molecule has 1 heterocycles. The molecule has 2 rings (SSSR count). The van der Waals surface area contributed by atoms with Crippen molar-refractivity contribution in [1.82, 2.24) is 4.98 Å². The molecule has 0 radical (unpaired) electrons. The van der Waals surface area contributed by atoms with E-state index in [0.29, 0.717) is 11.8 Å². The topological polar surface area (TPSA) is 24.9 Å². The van der Waals surface area contributed by atoms with Gasteiger partial charge in [-0.1, -0.05) is 26.2 Å². The third-order valence-corrected chi connectivity index (χ3v) is 3.63. The highest BCUT2D eigenvalue weighted by Crippen LogP contribution is 2.29. The lowest BCUT2D eigenvalue weighted by atomic mass is 9.80. The number of hydrogen-bond donors (Lipinski definition) is 1. The van der Waals surface area contributed by atoms with Gasteiger partial charge in [-0.05, 0) is 18.3 Å². The molecular formula is C13H18F2N2. The van der Waals surface area contributed by atoms with Crippen molar-refractivity contribution in [3.05, 3.63) is 23.9 Å². The number of pyridine rings is 1. The van der Waals surface area contributed by atoms with Gasteiger partial charge in [-0.15, -0.1) is 0 Å². The number of rotatable bonds is 3. The fraction of sp³-hybridized carbons (Fsp3) is 0.615. The molecule has 1 aromatic rings. The second-order valence-electron chi connectivity index (χ2n) is 4.89. The zero-order chi connectivity index (χ0) is 12.3. The second kappa shape index (κ2) is 5.43. The quantitative estimate of drug-likeness (QED) is 0.873. The first kappa shape index (κ1) is 12.3. The van der Waals surface area contributed by atoms with E-state index in [-0.39, 0.29) is 5.82 Å². The highest BCUT2D eigenvalue weighted by atomic mass is 19.1. The standard InChI is InChI=1S/C13H18F2N2/c1-9-4-2-3-5-10(9)7-16-13-12(15)6-11(14)8-17-13/h6,8-10H,2-5,7H2,1H3,(H,16,17). The van der Waals surface area contributed by atoms with E-state index >= 15 is 0 Å². The summed E-state index contributed by atoms with van der Waals surface area (Å²) in [5, 5.41) is 2.99. The molecule has 94 valence electrons. The Kier molecular flexibility index (Phi) is 3.92. The minimum atomic E-state index is -0.640. The van der Waals surface area contributed by atoms with Gasteiger partial charge in [0.2, 0.25) is 0 Å². The first-order valence-corrected chi connectivity index (χ1v) is 6.21. The predicted molar refractivity (Wildman–Crippen MR) is 63.8 cm³/mol. The number of anilines is 1. The Morgan fingerprint density at radius 2 is 2.12 bits per heavy atom. The van der Waals surface area contributed by atoms with Crippen molar-refractivity contribution >= 4 is 5.82 Å². The van der Waals surface area contributed by atoms with E-state index in [4.69, 9.17) is 0 Å². The van der Waals surface area contributed by atoms with Crippen molar-refractivity contribution in [2.75, 3.05) is 11.9 Å². The minimum absolute atomic E-state index is 0.157. The summed E-state index contributed by atoms with van der Waals surface area (Å²) in [6.45, 7) is 2.96. The van der Waals surface area contributed by atoms with Gasteiger partial charge in [0.05, 0.1) is 6.20 Å². The normalized spacial score (nSPS) is 24.6. The molecule has 1 aromatic heterocycles. The smallest absolute Gasteiger partial charge is 0.168 e. The van der Waals surface area contributed by atoms with Gasteiger partial charge in [0.25, 0.3) is 0 Å². The van der Waals surface area contributed by atoms with Gasteiger partial charge in [-0.25, -0.2) is 13.8 Å². The van der Waals surface area contributed by atoms with Crippen molar-refractivity contribution in [2.24, 2.45) is 11.8 Å². The van der Waals surface area contributed by atoms with Gasteiger partial charge in [-0.2, -0.15) is 0 Å². The molecule has 1 N–H and O–H groups in total. The van der Waals surface area contributed by atoms with E-state index in [0.717, 1.165) is 18.8 Å². The van der Waals surface area contributed by atoms with Crippen LogP contribution in [0.25, 0.3) is 0 Å². The molecule has 0 aromatic carbocycles. The summed E-state index contributed by atoms with van der Waals surface area (Å²) in [6.07, 6.45) is 6.00. The molecule has 1 saturated carbocycles. The second-order valence-corrected chi connectivity index (χ2v) is 4.89. The number of halogens is 2. The SMILES string of the molecule is CC1CCCCC1CNc1ncc(F)cc1F. The molecule has 1 aliphatic carbocycles. The van der Waals surface area contributed by atoms with E-state index < -0.39 is 11.6 Å². The van der Waals surface area contributed by atoms with E-state index in [1.807, 2.05) is 0 Å². The third-order valence-electron chi connectivity index (χ3n) is 3.63. The van der Waals surface area contributed by atoms with Gasteiger partial charge in [-0.3, -0.25) is 0 Å². The Hall–Kier alpha value is -1.19. The highest BCUT2D eigenvalue weighted by molar-refractivity contribution is 5.35. The molecule has 17 heavy (non-hydrogen) atoms. The molecular weight excluding hydrogens is 222 g/mol. The van der Waals surface area contributed by atoms with E-state index in [1.165, 1.54) is 25.7 Å². The van der Waals surface area contributed by atoms with E-state index in [9.17, 15) is 8.78 Å². The number of aromatic nitrogens is 1. The van der Waals surface area contributed by atoms with Crippen LogP contribution in [0.5, 0.6) is 0 Å². The van der Waals surface area contributed by atoms with E-state index in [1.54, 1.807) is 0 Å². The Bertz CT molecular complexity index is 382. The monoisotopic (exact) mass is 240 g/mol. The van der Waals surface area contributed by atoms with Gasteiger partial charge in [0.1, 0.15) is 5.82 Å². The average molecular weight is 240 g/mol. The highest BCUT2D eigenvalue weighted by Gasteiger charge is 2.21. The lowest BCUT2D eigenvalue weighted by Gasteiger charge is -2.28. The minimum Gasteiger partial charge on any atom is -0.367 e. The van der Waals surface area contributed by atoms with Crippen molar-refractivity contribution in [3.63, 3.8) is 0 Å². The number of nitrogens with zero attached hydrogens (tertiary/aromatic N) is 1. The molecule has 2 unspecified atom stereocenters. The first-order valence-electron chi connectivity index (χ1n) is 6.21. The van der Waals surface area contributed by atoms with Gasteiger partial charge in [0.15, 0.2) is 11.6 Å². The maximum atomic E-state index is 13.3. The molecule has 0 spiro atoms. The molecule has 1 aliphatic rings. The summed E-state index contributed by atoms with van der Waals surface area (Å²) in [5.41, 5.74) is 0. The van der Waals surface area contributed by atoms with Crippen molar-refractivity contribution in [2.45, 2.75) is 32.6 Å². The molecule has 0 aliphatic heterocycles. The van der Waals surface area contributed by atoms with Crippen LogP contribution in [0.4, 0.5) is 14.6 Å². The maximum Gasteiger partial charge on any atom is 0.168 e. The average Bonchev–Trinajstić information content (AvgIpc) is 2.30. The van der Waals surface area contributed by atoms with Crippen LogP contribution in [0.2, 0.25) is 0 Å². The number of nitrogens with one attached hydrogen (secondary N) is 1. The zero-order valence-corrected chi connectivity index (χ0v) is 10.0. The van der Waals surface area contributed by atoms with Crippen LogP contribution in [0.3, 0.4) is 0 Å². The predicted octanol–water partition coefficient (Wildman–Crippen LogP) is 3.60. The Morgan fingerprint density at radius 3 is 2.82 bits per heavy atom. The van der Waals surface area contributed by atoms with Crippen LogP contribution in [0.15, 0.2) is 12.3 Å². The summed E-state index contributed by atoms with van der Waals surface area (Å²) < 4.78 is 26.0. The lowest BCUT2D eigenvalue weighted by Crippen LogP contribution is -2.25. The van der Waals surface area contributed by atoms with Crippen LogP contribution in [0.1, 0.15) is 32.6 Å². The van der Waals surface area contributed by atoms with E-state index in [2.05, 4.69) is 17.2 Å². The molecule has 2 nitrogen and oxygen atoms in total. The van der Waals surface area contributed by atoms with Crippen LogP contribution in [-0.2, 0) is 0 Å². The number of hydrogen-bond acceptors (Lipinski definition) is 2.